The van der Waals surface area contributed by atoms with Crippen LogP contribution < -0.4 is 0 Å². The maximum absolute atomic E-state index is 2.35. The number of rotatable bonds is 20. The van der Waals surface area contributed by atoms with E-state index in [0.717, 1.165) is 0 Å². The van der Waals surface area contributed by atoms with E-state index in [0.29, 0.717) is 0 Å². The summed E-state index contributed by atoms with van der Waals surface area (Å²) in [4.78, 5) is 0. The van der Waals surface area contributed by atoms with Crippen molar-refractivity contribution in [2.75, 3.05) is 0 Å². The third-order valence-electron chi connectivity index (χ3n) is 5.08. The van der Waals surface area contributed by atoms with Crippen LogP contribution in [-0.2, 0) is 0 Å². The van der Waals surface area contributed by atoms with Crippen LogP contribution in [0.25, 0.3) is 0 Å². The average molecular weight is 349 g/mol. The summed E-state index contributed by atoms with van der Waals surface area (Å²) < 4.78 is 0. The minimum atomic E-state index is 1.26. The van der Waals surface area contributed by atoms with Crippen molar-refractivity contribution < 1.29 is 0 Å². The van der Waals surface area contributed by atoms with Crippen LogP contribution >= 0.6 is 0 Å². The third kappa shape index (κ3) is 23.5. The molecule has 0 heteroatoms. The van der Waals surface area contributed by atoms with Gasteiger partial charge in [-0.1, -0.05) is 134 Å². The molecule has 0 saturated heterocycles. The van der Waals surface area contributed by atoms with Gasteiger partial charge in [0.25, 0.3) is 0 Å². The van der Waals surface area contributed by atoms with Crippen molar-refractivity contribution in [1.29, 1.82) is 0 Å². The lowest BCUT2D eigenvalue weighted by molar-refractivity contribution is 0.566. The van der Waals surface area contributed by atoms with Gasteiger partial charge in [0, 0.05) is 0 Å². The quantitative estimate of drug-likeness (QED) is 0.152. The van der Waals surface area contributed by atoms with E-state index in [-0.39, 0.29) is 0 Å². The van der Waals surface area contributed by atoms with Gasteiger partial charge in [-0.15, -0.1) is 0 Å². The van der Waals surface area contributed by atoms with E-state index in [1.165, 1.54) is 122 Å². The molecule has 0 aromatic rings. The molecule has 0 aromatic carbocycles. The van der Waals surface area contributed by atoms with E-state index in [4.69, 9.17) is 0 Å². The van der Waals surface area contributed by atoms with E-state index in [2.05, 4.69) is 38.2 Å². The molecular weight excluding hydrogens is 300 g/mol. The smallest absolute Gasteiger partial charge is 0.0348 e. The summed E-state index contributed by atoms with van der Waals surface area (Å²) >= 11 is 0. The zero-order chi connectivity index (χ0) is 18.3. The summed E-state index contributed by atoms with van der Waals surface area (Å²) in [6, 6.07) is 0. The summed E-state index contributed by atoms with van der Waals surface area (Å²) in [5.74, 6) is 0. The summed E-state index contributed by atoms with van der Waals surface area (Å²) in [7, 11) is 0. The third-order valence-corrected chi connectivity index (χ3v) is 5.08. The van der Waals surface area contributed by atoms with Gasteiger partial charge in [0.15, 0.2) is 0 Å². The predicted octanol–water partition coefficient (Wildman–Crippen LogP) is 9.55. The van der Waals surface area contributed by atoms with Crippen molar-refractivity contribution in [1.82, 2.24) is 0 Å². The van der Waals surface area contributed by atoms with Crippen LogP contribution in [0.2, 0.25) is 0 Å². The summed E-state index contributed by atoms with van der Waals surface area (Å²) in [5.41, 5.74) is 0. The first kappa shape index (κ1) is 24.5. The SMILES string of the molecule is CCCCCCCCCC/C=C/C=CCCCCCCCCCCC. The average Bonchev–Trinajstić information content (AvgIpc) is 2.63. The molecule has 0 saturated carbocycles. The Morgan fingerprint density at radius 2 is 0.640 bits per heavy atom. The number of allylic oxidation sites excluding steroid dienone is 4. The van der Waals surface area contributed by atoms with Gasteiger partial charge in [-0.3, -0.25) is 0 Å². The Kier molecular flexibility index (Phi) is 23.0. The summed E-state index contributed by atoms with van der Waals surface area (Å²) in [6.07, 6.45) is 35.9. The predicted molar refractivity (Wildman–Crippen MR) is 117 cm³/mol. The Morgan fingerprint density at radius 3 is 0.960 bits per heavy atom. The second-order valence-corrected chi connectivity index (χ2v) is 7.74. The molecule has 0 nitrogen and oxygen atoms in total. The van der Waals surface area contributed by atoms with Crippen LogP contribution in [0.5, 0.6) is 0 Å². The molecule has 0 radical (unpaired) electrons. The van der Waals surface area contributed by atoms with Crippen molar-refractivity contribution in [3.05, 3.63) is 24.3 Å². The van der Waals surface area contributed by atoms with Crippen LogP contribution in [0, 0.1) is 0 Å². The van der Waals surface area contributed by atoms with Gasteiger partial charge in [-0.25, -0.2) is 0 Å². The van der Waals surface area contributed by atoms with Gasteiger partial charge in [0.05, 0.1) is 0 Å². The van der Waals surface area contributed by atoms with Gasteiger partial charge in [-0.05, 0) is 25.7 Å². The molecule has 0 fully saturated rings. The number of hydrogen-bond acceptors (Lipinski definition) is 0. The Labute approximate surface area is 160 Å². The normalized spacial score (nSPS) is 11.9. The highest BCUT2D eigenvalue weighted by atomic mass is 14.0. The highest BCUT2D eigenvalue weighted by molar-refractivity contribution is 5.02. The molecular formula is C25H48. The monoisotopic (exact) mass is 348 g/mol. The fourth-order valence-electron chi connectivity index (χ4n) is 3.32. The van der Waals surface area contributed by atoms with Crippen molar-refractivity contribution in [3.8, 4) is 0 Å². The molecule has 0 aliphatic carbocycles. The molecule has 0 aromatic heterocycles. The fraction of sp³-hybridized carbons (Fsp3) is 0.840. The molecule has 0 spiro atoms. The van der Waals surface area contributed by atoms with Gasteiger partial charge in [-0.2, -0.15) is 0 Å². The van der Waals surface area contributed by atoms with E-state index in [1.54, 1.807) is 0 Å². The second kappa shape index (κ2) is 23.5. The first-order chi connectivity index (χ1) is 12.4. The van der Waals surface area contributed by atoms with E-state index >= 15 is 0 Å². The maximum atomic E-state index is 2.35. The fourth-order valence-corrected chi connectivity index (χ4v) is 3.32. The van der Waals surface area contributed by atoms with Crippen molar-refractivity contribution >= 4 is 0 Å². The lowest BCUT2D eigenvalue weighted by Crippen LogP contribution is -1.80. The zero-order valence-electron chi connectivity index (χ0n) is 17.7. The molecule has 0 unspecified atom stereocenters. The topological polar surface area (TPSA) is 0 Å². The highest BCUT2D eigenvalue weighted by Crippen LogP contribution is 2.11. The van der Waals surface area contributed by atoms with Crippen LogP contribution in [0.4, 0.5) is 0 Å². The Hall–Kier alpha value is -0.520. The molecule has 0 atom stereocenters. The Morgan fingerprint density at radius 1 is 0.360 bits per heavy atom. The summed E-state index contributed by atoms with van der Waals surface area (Å²) in [5, 5.41) is 0. The van der Waals surface area contributed by atoms with Crippen LogP contribution in [0.15, 0.2) is 24.3 Å². The lowest BCUT2D eigenvalue weighted by Gasteiger charge is -2.00. The first-order valence-corrected chi connectivity index (χ1v) is 11.7. The minimum Gasteiger partial charge on any atom is -0.0845 e. The molecule has 0 N–H and O–H groups in total. The molecule has 25 heavy (non-hydrogen) atoms. The van der Waals surface area contributed by atoms with Crippen molar-refractivity contribution in [2.45, 2.75) is 136 Å². The summed E-state index contributed by atoms with van der Waals surface area (Å²) in [6.45, 7) is 4.58. The number of hydrogen-bond donors (Lipinski definition) is 0. The molecule has 0 heterocycles. The minimum absolute atomic E-state index is 1.26. The standard InChI is InChI=1S/C25H48/c1-3-5-7-9-11-13-15-17-19-21-23-25-24-22-20-18-16-14-12-10-8-6-4-2/h21,23-25H,3-20,22H2,1-2H3/b23-21+,25-24?. The molecule has 0 amide bonds. The second-order valence-electron chi connectivity index (χ2n) is 7.74. The zero-order valence-corrected chi connectivity index (χ0v) is 17.7. The van der Waals surface area contributed by atoms with Crippen LogP contribution in [0.1, 0.15) is 136 Å². The van der Waals surface area contributed by atoms with Gasteiger partial charge in [0.1, 0.15) is 0 Å². The van der Waals surface area contributed by atoms with E-state index in [9.17, 15) is 0 Å². The van der Waals surface area contributed by atoms with Gasteiger partial charge < -0.3 is 0 Å². The lowest BCUT2D eigenvalue weighted by atomic mass is 10.1. The molecule has 0 aliphatic rings. The van der Waals surface area contributed by atoms with Crippen molar-refractivity contribution in [3.63, 3.8) is 0 Å². The molecule has 0 rings (SSSR count). The van der Waals surface area contributed by atoms with Gasteiger partial charge >= 0.3 is 0 Å². The highest BCUT2D eigenvalue weighted by Gasteiger charge is 1.91. The van der Waals surface area contributed by atoms with Crippen LogP contribution in [-0.4, -0.2) is 0 Å². The van der Waals surface area contributed by atoms with E-state index < -0.39 is 0 Å². The Bertz CT molecular complexity index is 274. The molecule has 0 bridgehead atoms. The Balaban J connectivity index is 3.15. The van der Waals surface area contributed by atoms with Crippen LogP contribution in [0.3, 0.4) is 0 Å². The number of unbranched alkanes of at least 4 members (excludes halogenated alkanes) is 17. The molecule has 0 aliphatic heterocycles. The van der Waals surface area contributed by atoms with Crippen molar-refractivity contribution in [2.24, 2.45) is 0 Å². The molecule has 148 valence electrons. The van der Waals surface area contributed by atoms with E-state index in [1.807, 2.05) is 0 Å². The maximum Gasteiger partial charge on any atom is -0.0348 e. The van der Waals surface area contributed by atoms with Gasteiger partial charge in [0.2, 0.25) is 0 Å². The first-order valence-electron chi connectivity index (χ1n) is 11.7. The largest absolute Gasteiger partial charge is 0.0845 e.